The number of aromatic nitrogens is 1. The van der Waals surface area contributed by atoms with Crippen LogP contribution < -0.4 is 0 Å². The average Bonchev–Trinajstić information content (AvgIpc) is 3.15. The van der Waals surface area contributed by atoms with Crippen LogP contribution in [0.4, 0.5) is 4.79 Å². The van der Waals surface area contributed by atoms with Crippen molar-refractivity contribution in [3.63, 3.8) is 0 Å². The fourth-order valence-electron chi connectivity index (χ4n) is 3.67. The molecule has 5 heteroatoms. The second-order valence-electron chi connectivity index (χ2n) is 6.77. The molecule has 1 aromatic rings. The molecule has 1 aromatic heterocycles. The minimum absolute atomic E-state index is 0.227. The number of pyridine rings is 1. The average molecular weight is 316 g/mol. The van der Waals surface area contributed by atoms with Gasteiger partial charge in [0.25, 0.3) is 0 Å². The maximum absolute atomic E-state index is 12.6. The first-order chi connectivity index (χ1) is 11.2. The van der Waals surface area contributed by atoms with Gasteiger partial charge in [0.2, 0.25) is 0 Å². The lowest BCUT2D eigenvalue weighted by molar-refractivity contribution is 0.109. The van der Waals surface area contributed by atoms with E-state index in [0.29, 0.717) is 6.04 Å². The fourth-order valence-corrected chi connectivity index (χ4v) is 3.67. The van der Waals surface area contributed by atoms with Crippen LogP contribution in [-0.4, -0.2) is 71.5 Å². The van der Waals surface area contributed by atoms with Gasteiger partial charge in [-0.3, -0.25) is 9.88 Å². The topological polar surface area (TPSA) is 39.7 Å². The molecule has 2 aliphatic rings. The molecular weight excluding hydrogens is 288 g/mol. The number of nitrogens with zero attached hydrogens (tertiary/aromatic N) is 4. The number of urea groups is 1. The van der Waals surface area contributed by atoms with Crippen molar-refractivity contribution in [1.82, 2.24) is 19.7 Å². The van der Waals surface area contributed by atoms with Crippen molar-refractivity contribution in [1.29, 1.82) is 0 Å². The van der Waals surface area contributed by atoms with Crippen LogP contribution in [0.5, 0.6) is 0 Å². The van der Waals surface area contributed by atoms with Crippen molar-refractivity contribution >= 4 is 6.03 Å². The minimum atomic E-state index is 0.227. The second kappa shape index (κ2) is 7.77. The summed E-state index contributed by atoms with van der Waals surface area (Å²) >= 11 is 0. The lowest BCUT2D eigenvalue weighted by Crippen LogP contribution is -2.53. The third-order valence-electron chi connectivity index (χ3n) is 5.28. The molecule has 1 saturated heterocycles. The highest BCUT2D eigenvalue weighted by atomic mass is 16.2. The molecule has 3 rings (SSSR count). The summed E-state index contributed by atoms with van der Waals surface area (Å²) in [4.78, 5) is 23.1. The Bertz CT molecular complexity index is 493. The summed E-state index contributed by atoms with van der Waals surface area (Å²) in [7, 11) is 1.98. The molecule has 2 amide bonds. The molecule has 1 aliphatic heterocycles. The van der Waals surface area contributed by atoms with Gasteiger partial charge in [-0.25, -0.2) is 4.79 Å². The number of hydrogen-bond acceptors (Lipinski definition) is 3. The van der Waals surface area contributed by atoms with Crippen LogP contribution >= 0.6 is 0 Å². The van der Waals surface area contributed by atoms with Crippen LogP contribution in [0.2, 0.25) is 0 Å². The van der Waals surface area contributed by atoms with Gasteiger partial charge in [0, 0.05) is 58.2 Å². The maximum Gasteiger partial charge on any atom is 0.320 e. The molecule has 1 saturated carbocycles. The van der Waals surface area contributed by atoms with E-state index in [0.717, 1.165) is 39.1 Å². The Hall–Kier alpha value is -1.62. The lowest BCUT2D eigenvalue weighted by Gasteiger charge is -2.38. The Morgan fingerprint density at radius 1 is 1.17 bits per heavy atom. The Balaban J connectivity index is 1.42. The molecule has 0 spiro atoms. The molecule has 23 heavy (non-hydrogen) atoms. The van der Waals surface area contributed by atoms with Gasteiger partial charge in [-0.1, -0.05) is 12.8 Å². The Labute approximate surface area is 139 Å². The van der Waals surface area contributed by atoms with Gasteiger partial charge < -0.3 is 9.80 Å². The first-order valence-electron chi connectivity index (χ1n) is 8.87. The zero-order valence-corrected chi connectivity index (χ0v) is 14.2. The van der Waals surface area contributed by atoms with Crippen molar-refractivity contribution in [2.75, 3.05) is 39.8 Å². The predicted octanol–water partition coefficient (Wildman–Crippen LogP) is 2.24. The van der Waals surface area contributed by atoms with E-state index >= 15 is 0 Å². The van der Waals surface area contributed by atoms with Crippen molar-refractivity contribution in [3.05, 3.63) is 30.1 Å². The predicted molar refractivity (Wildman–Crippen MR) is 91.4 cm³/mol. The highest BCUT2D eigenvalue weighted by molar-refractivity contribution is 5.74. The highest BCUT2D eigenvalue weighted by Crippen LogP contribution is 2.23. The molecule has 2 heterocycles. The van der Waals surface area contributed by atoms with Crippen molar-refractivity contribution < 1.29 is 4.79 Å². The molecule has 126 valence electrons. The van der Waals surface area contributed by atoms with Gasteiger partial charge in [0.15, 0.2) is 0 Å². The summed E-state index contributed by atoms with van der Waals surface area (Å²) in [6.07, 6.45) is 9.65. The van der Waals surface area contributed by atoms with Gasteiger partial charge in [-0.15, -0.1) is 0 Å². The molecule has 2 fully saturated rings. The third kappa shape index (κ3) is 4.22. The summed E-state index contributed by atoms with van der Waals surface area (Å²) in [5.41, 5.74) is 1.33. The highest BCUT2D eigenvalue weighted by Gasteiger charge is 2.28. The number of amides is 2. The van der Waals surface area contributed by atoms with Crippen molar-refractivity contribution in [2.24, 2.45) is 0 Å². The van der Waals surface area contributed by atoms with Crippen LogP contribution in [0.3, 0.4) is 0 Å². The van der Waals surface area contributed by atoms with Crippen LogP contribution in [0.25, 0.3) is 0 Å². The fraction of sp³-hybridized carbons (Fsp3) is 0.667. The van der Waals surface area contributed by atoms with Gasteiger partial charge in [-0.2, -0.15) is 0 Å². The van der Waals surface area contributed by atoms with E-state index in [2.05, 4.69) is 22.0 Å². The zero-order chi connectivity index (χ0) is 16.1. The van der Waals surface area contributed by atoms with E-state index < -0.39 is 0 Å². The van der Waals surface area contributed by atoms with Crippen LogP contribution in [-0.2, 0) is 6.42 Å². The van der Waals surface area contributed by atoms with Gasteiger partial charge in [0.1, 0.15) is 0 Å². The smallest absolute Gasteiger partial charge is 0.320 e. The summed E-state index contributed by atoms with van der Waals surface area (Å²) in [6.45, 7) is 4.73. The van der Waals surface area contributed by atoms with E-state index in [-0.39, 0.29) is 6.03 Å². The molecule has 0 atom stereocenters. The van der Waals surface area contributed by atoms with Gasteiger partial charge in [-0.05, 0) is 37.0 Å². The van der Waals surface area contributed by atoms with E-state index in [1.807, 2.05) is 29.2 Å². The van der Waals surface area contributed by atoms with E-state index in [9.17, 15) is 4.79 Å². The van der Waals surface area contributed by atoms with Crippen LogP contribution in [0, 0.1) is 0 Å². The minimum Gasteiger partial charge on any atom is -0.325 e. The number of piperazine rings is 1. The normalized spacial score (nSPS) is 20.0. The molecule has 0 N–H and O–H groups in total. The molecule has 0 bridgehead atoms. The Morgan fingerprint density at radius 3 is 2.48 bits per heavy atom. The Kier molecular flexibility index (Phi) is 5.49. The number of hydrogen-bond donors (Lipinski definition) is 0. The largest absolute Gasteiger partial charge is 0.325 e. The third-order valence-corrected chi connectivity index (χ3v) is 5.28. The molecule has 0 aromatic carbocycles. The quantitative estimate of drug-likeness (QED) is 0.855. The second-order valence-corrected chi connectivity index (χ2v) is 6.77. The van der Waals surface area contributed by atoms with E-state index in [1.165, 1.54) is 31.2 Å². The number of carbonyl (C=O) groups is 1. The molecule has 1 aliphatic carbocycles. The summed E-state index contributed by atoms with van der Waals surface area (Å²) in [6, 6.07) is 4.85. The first-order valence-corrected chi connectivity index (χ1v) is 8.87. The zero-order valence-electron chi connectivity index (χ0n) is 14.2. The van der Waals surface area contributed by atoms with Crippen molar-refractivity contribution in [3.8, 4) is 0 Å². The number of rotatable bonds is 4. The van der Waals surface area contributed by atoms with Crippen LogP contribution in [0.15, 0.2) is 24.5 Å². The molecular formula is C18H28N4O. The van der Waals surface area contributed by atoms with Gasteiger partial charge in [0.05, 0.1) is 0 Å². The maximum atomic E-state index is 12.6. The lowest BCUT2D eigenvalue weighted by atomic mass is 10.2. The SMILES string of the molecule is CN(C(=O)N1CCN(CCc2ccncc2)CC1)C1CCCC1. The van der Waals surface area contributed by atoms with E-state index in [1.54, 1.807) is 0 Å². The summed E-state index contributed by atoms with van der Waals surface area (Å²) in [5, 5.41) is 0. The van der Waals surface area contributed by atoms with Gasteiger partial charge >= 0.3 is 6.03 Å². The van der Waals surface area contributed by atoms with E-state index in [4.69, 9.17) is 0 Å². The molecule has 0 radical (unpaired) electrons. The Morgan fingerprint density at radius 2 is 1.83 bits per heavy atom. The summed E-state index contributed by atoms with van der Waals surface area (Å²) in [5.74, 6) is 0. The number of carbonyl (C=O) groups excluding carboxylic acids is 1. The van der Waals surface area contributed by atoms with Crippen LogP contribution in [0.1, 0.15) is 31.2 Å². The monoisotopic (exact) mass is 316 g/mol. The first kappa shape index (κ1) is 16.2. The standard InChI is InChI=1S/C18H28N4O/c1-20(17-4-2-3-5-17)18(23)22-14-12-21(13-15-22)11-8-16-6-9-19-10-7-16/h6-7,9-10,17H,2-5,8,11-15H2,1H3. The summed E-state index contributed by atoms with van der Waals surface area (Å²) < 4.78 is 0. The van der Waals surface area contributed by atoms with Crippen molar-refractivity contribution in [2.45, 2.75) is 38.1 Å². The molecule has 5 nitrogen and oxygen atoms in total. The molecule has 0 unspecified atom stereocenters.